The van der Waals surface area contributed by atoms with Gasteiger partial charge in [-0.25, -0.2) is 9.97 Å². The van der Waals surface area contributed by atoms with Gasteiger partial charge in [-0.15, -0.1) is 0 Å². The van der Waals surface area contributed by atoms with Gasteiger partial charge in [0.15, 0.2) is 5.82 Å². The number of aryl methyl sites for hydroxylation is 2. The maximum Gasteiger partial charge on any atom is 0.178 e. The lowest BCUT2D eigenvalue weighted by Gasteiger charge is -2.08. The van der Waals surface area contributed by atoms with E-state index in [1.54, 1.807) is 18.3 Å². The highest BCUT2D eigenvalue weighted by Crippen LogP contribution is 2.18. The van der Waals surface area contributed by atoms with Crippen molar-refractivity contribution in [1.29, 1.82) is 0 Å². The van der Waals surface area contributed by atoms with Gasteiger partial charge in [-0.1, -0.05) is 11.6 Å². The molecule has 0 atom stereocenters. The van der Waals surface area contributed by atoms with Crippen molar-refractivity contribution in [3.8, 4) is 11.5 Å². The molecule has 5 heteroatoms. The first-order chi connectivity index (χ1) is 8.11. The number of halogens is 1. The average Bonchev–Trinajstić information content (AvgIpc) is 2.29. The predicted octanol–water partition coefficient (Wildman–Crippen LogP) is 2.27. The van der Waals surface area contributed by atoms with Crippen molar-refractivity contribution in [1.82, 2.24) is 15.0 Å². The normalized spacial score (nSPS) is 10.6. The number of nitrogens with zero attached hydrogens (tertiary/aromatic N) is 3. The summed E-state index contributed by atoms with van der Waals surface area (Å²) in [7, 11) is 0. The number of aromatic nitrogens is 3. The minimum atomic E-state index is 0.450. The Morgan fingerprint density at radius 2 is 1.82 bits per heavy atom. The minimum Gasteiger partial charge on any atom is -0.326 e. The standard InChI is InChI=1S/C12H13ClN4/c1-7-10(5-14)8(2)17-12(16-7)11-4-3-9(13)6-15-11/h3-4,6H,5,14H2,1-2H3. The number of pyridine rings is 1. The van der Waals surface area contributed by atoms with Crippen LogP contribution in [0.5, 0.6) is 0 Å². The first kappa shape index (κ1) is 12.0. The van der Waals surface area contributed by atoms with Gasteiger partial charge in [-0.2, -0.15) is 0 Å². The molecule has 0 aliphatic heterocycles. The van der Waals surface area contributed by atoms with E-state index < -0.39 is 0 Å². The first-order valence-corrected chi connectivity index (χ1v) is 5.65. The van der Waals surface area contributed by atoms with Gasteiger partial charge in [0, 0.05) is 29.7 Å². The molecule has 0 saturated heterocycles. The van der Waals surface area contributed by atoms with E-state index in [-0.39, 0.29) is 0 Å². The fourth-order valence-electron chi connectivity index (χ4n) is 1.66. The smallest absolute Gasteiger partial charge is 0.178 e. The monoisotopic (exact) mass is 248 g/mol. The third-order valence-corrected chi connectivity index (χ3v) is 2.80. The highest BCUT2D eigenvalue weighted by molar-refractivity contribution is 6.30. The van der Waals surface area contributed by atoms with E-state index in [1.807, 2.05) is 13.8 Å². The third kappa shape index (κ3) is 2.43. The highest BCUT2D eigenvalue weighted by atomic mass is 35.5. The second-order valence-electron chi connectivity index (χ2n) is 3.76. The van der Waals surface area contributed by atoms with Gasteiger partial charge in [0.25, 0.3) is 0 Å². The van der Waals surface area contributed by atoms with Crippen LogP contribution in [-0.2, 0) is 6.54 Å². The summed E-state index contributed by atoms with van der Waals surface area (Å²) < 4.78 is 0. The van der Waals surface area contributed by atoms with E-state index in [9.17, 15) is 0 Å². The van der Waals surface area contributed by atoms with Gasteiger partial charge >= 0.3 is 0 Å². The molecule has 4 nitrogen and oxygen atoms in total. The molecule has 0 spiro atoms. The minimum absolute atomic E-state index is 0.450. The van der Waals surface area contributed by atoms with Crippen LogP contribution in [0.25, 0.3) is 11.5 Å². The lowest BCUT2D eigenvalue weighted by molar-refractivity contribution is 0.935. The lowest BCUT2D eigenvalue weighted by atomic mass is 10.1. The van der Waals surface area contributed by atoms with Crippen LogP contribution in [0, 0.1) is 13.8 Å². The van der Waals surface area contributed by atoms with E-state index in [1.165, 1.54) is 0 Å². The Hall–Kier alpha value is -1.52. The molecular weight excluding hydrogens is 236 g/mol. The molecule has 0 bridgehead atoms. The largest absolute Gasteiger partial charge is 0.326 e. The molecule has 0 unspecified atom stereocenters. The predicted molar refractivity (Wildman–Crippen MR) is 67.6 cm³/mol. The number of hydrogen-bond donors (Lipinski definition) is 1. The van der Waals surface area contributed by atoms with Gasteiger partial charge < -0.3 is 5.73 Å². The zero-order valence-electron chi connectivity index (χ0n) is 9.74. The van der Waals surface area contributed by atoms with Crippen LogP contribution in [0.2, 0.25) is 5.02 Å². The number of nitrogens with two attached hydrogens (primary N) is 1. The molecule has 0 fully saturated rings. The summed E-state index contributed by atoms with van der Waals surface area (Å²) >= 11 is 5.79. The maximum atomic E-state index is 5.79. The summed E-state index contributed by atoms with van der Waals surface area (Å²) in [5.41, 5.74) is 9.14. The summed E-state index contributed by atoms with van der Waals surface area (Å²) in [5, 5.41) is 0.598. The second kappa shape index (κ2) is 4.77. The van der Waals surface area contributed by atoms with Gasteiger partial charge in [0.1, 0.15) is 5.69 Å². The Balaban J connectivity index is 2.50. The van der Waals surface area contributed by atoms with E-state index in [0.29, 0.717) is 23.1 Å². The molecule has 2 aromatic heterocycles. The van der Waals surface area contributed by atoms with Gasteiger partial charge in [-0.3, -0.25) is 4.98 Å². The van der Waals surface area contributed by atoms with Crippen LogP contribution in [0.4, 0.5) is 0 Å². The van der Waals surface area contributed by atoms with E-state index in [4.69, 9.17) is 17.3 Å². The van der Waals surface area contributed by atoms with Crippen molar-refractivity contribution in [2.24, 2.45) is 5.73 Å². The zero-order chi connectivity index (χ0) is 12.4. The summed E-state index contributed by atoms with van der Waals surface area (Å²) in [5.74, 6) is 0.605. The van der Waals surface area contributed by atoms with Crippen LogP contribution in [-0.4, -0.2) is 15.0 Å². The highest BCUT2D eigenvalue weighted by Gasteiger charge is 2.09. The molecule has 2 aromatic rings. The summed E-state index contributed by atoms with van der Waals surface area (Å²) in [6.07, 6.45) is 1.59. The maximum absolute atomic E-state index is 5.79. The van der Waals surface area contributed by atoms with Crippen molar-refractivity contribution in [3.05, 3.63) is 40.3 Å². The molecule has 0 amide bonds. The summed E-state index contributed by atoms with van der Waals surface area (Å²) in [4.78, 5) is 13.0. The Morgan fingerprint density at radius 1 is 1.18 bits per heavy atom. The third-order valence-electron chi connectivity index (χ3n) is 2.58. The molecule has 0 aromatic carbocycles. The number of rotatable bonds is 2. The molecule has 0 aliphatic rings. The van der Waals surface area contributed by atoms with Crippen molar-refractivity contribution >= 4 is 11.6 Å². The Kier molecular flexibility index (Phi) is 3.36. The quantitative estimate of drug-likeness (QED) is 0.886. The van der Waals surface area contributed by atoms with Crippen LogP contribution in [0.15, 0.2) is 18.3 Å². The molecular formula is C12H13ClN4. The van der Waals surface area contributed by atoms with Gasteiger partial charge in [0.05, 0.1) is 5.02 Å². The van der Waals surface area contributed by atoms with E-state index in [0.717, 1.165) is 17.0 Å². The molecule has 2 heterocycles. The van der Waals surface area contributed by atoms with Crippen LogP contribution < -0.4 is 5.73 Å². The molecule has 0 radical (unpaired) electrons. The molecule has 0 saturated carbocycles. The topological polar surface area (TPSA) is 64.7 Å². The van der Waals surface area contributed by atoms with Crippen LogP contribution in [0.1, 0.15) is 17.0 Å². The molecule has 0 aliphatic carbocycles. The fraction of sp³-hybridized carbons (Fsp3) is 0.250. The zero-order valence-corrected chi connectivity index (χ0v) is 10.5. The van der Waals surface area contributed by atoms with Gasteiger partial charge in [0.2, 0.25) is 0 Å². The van der Waals surface area contributed by atoms with Gasteiger partial charge in [-0.05, 0) is 26.0 Å². The molecule has 88 valence electrons. The van der Waals surface area contributed by atoms with E-state index >= 15 is 0 Å². The average molecular weight is 249 g/mol. The SMILES string of the molecule is Cc1nc(-c2ccc(Cl)cn2)nc(C)c1CN. The molecule has 2 N–H and O–H groups in total. The van der Waals surface area contributed by atoms with Crippen LogP contribution >= 0.6 is 11.6 Å². The summed E-state index contributed by atoms with van der Waals surface area (Å²) in [6, 6.07) is 3.58. The fourth-order valence-corrected chi connectivity index (χ4v) is 1.77. The van der Waals surface area contributed by atoms with Crippen molar-refractivity contribution in [2.45, 2.75) is 20.4 Å². The second-order valence-corrected chi connectivity index (χ2v) is 4.20. The first-order valence-electron chi connectivity index (χ1n) is 5.28. The molecule has 2 rings (SSSR count). The Bertz CT molecular complexity index is 514. The van der Waals surface area contributed by atoms with E-state index in [2.05, 4.69) is 15.0 Å². The number of hydrogen-bond acceptors (Lipinski definition) is 4. The summed E-state index contributed by atoms with van der Waals surface area (Å²) in [6.45, 7) is 4.30. The molecule has 17 heavy (non-hydrogen) atoms. The van der Waals surface area contributed by atoms with Crippen molar-refractivity contribution < 1.29 is 0 Å². The van der Waals surface area contributed by atoms with Crippen molar-refractivity contribution in [3.63, 3.8) is 0 Å². The Morgan fingerprint density at radius 3 is 2.29 bits per heavy atom. The van der Waals surface area contributed by atoms with Crippen molar-refractivity contribution in [2.75, 3.05) is 0 Å². The Labute approximate surface area is 105 Å². The lowest BCUT2D eigenvalue weighted by Crippen LogP contribution is -2.07. The van der Waals surface area contributed by atoms with Crippen LogP contribution in [0.3, 0.4) is 0 Å².